The molecule has 0 radical (unpaired) electrons. The van der Waals surface area contributed by atoms with Crippen molar-refractivity contribution in [2.24, 2.45) is 5.92 Å². The zero-order chi connectivity index (χ0) is 25.0. The van der Waals surface area contributed by atoms with Crippen molar-refractivity contribution in [2.45, 2.75) is 39.7 Å². The van der Waals surface area contributed by atoms with Crippen molar-refractivity contribution in [1.82, 2.24) is 20.5 Å². The molecule has 2 heterocycles. The third-order valence-electron chi connectivity index (χ3n) is 4.98. The van der Waals surface area contributed by atoms with E-state index in [1.807, 2.05) is 12.1 Å². The van der Waals surface area contributed by atoms with Crippen LogP contribution < -0.4 is 15.4 Å². The summed E-state index contributed by atoms with van der Waals surface area (Å²) in [4.78, 5) is 41.1. The van der Waals surface area contributed by atoms with Crippen LogP contribution in [0.2, 0.25) is 0 Å². The number of anilines is 1. The van der Waals surface area contributed by atoms with E-state index in [1.165, 1.54) is 7.11 Å². The van der Waals surface area contributed by atoms with E-state index in [-0.39, 0.29) is 24.1 Å². The summed E-state index contributed by atoms with van der Waals surface area (Å²) in [6.45, 7) is 6.98. The van der Waals surface area contributed by atoms with Gasteiger partial charge >= 0.3 is 5.97 Å². The van der Waals surface area contributed by atoms with E-state index >= 15 is 0 Å². The molecule has 3 N–H and O–H groups in total. The average molecular weight is 468 g/mol. The predicted molar refractivity (Wildman–Crippen MR) is 128 cm³/mol. The van der Waals surface area contributed by atoms with E-state index in [0.29, 0.717) is 27.8 Å². The molecule has 34 heavy (non-hydrogen) atoms. The highest BCUT2D eigenvalue weighted by Gasteiger charge is 2.23. The molecule has 2 aromatic heterocycles. The molecule has 0 unspecified atom stereocenters. The molecule has 3 rings (SSSR count). The Morgan fingerprint density at radius 1 is 1.15 bits per heavy atom. The molecule has 0 aliphatic carbocycles. The lowest BCUT2D eigenvalue weighted by Gasteiger charge is -2.21. The Balaban J connectivity index is 1.82. The molecule has 1 aromatic carbocycles. The van der Waals surface area contributed by atoms with Gasteiger partial charge in [-0.15, -0.1) is 0 Å². The van der Waals surface area contributed by atoms with Gasteiger partial charge in [-0.1, -0.05) is 13.0 Å². The van der Waals surface area contributed by atoms with Crippen LogP contribution in [-0.2, 0) is 14.3 Å². The normalized spacial score (nSPS) is 12.2. The van der Waals surface area contributed by atoms with Gasteiger partial charge in [0, 0.05) is 30.1 Å². The molecule has 10 nitrogen and oxygen atoms in total. The van der Waals surface area contributed by atoms with Gasteiger partial charge in [-0.2, -0.15) is 5.10 Å². The van der Waals surface area contributed by atoms with E-state index in [1.54, 1.807) is 53.1 Å². The number of hydrogen-bond donors (Lipinski definition) is 3. The summed E-state index contributed by atoms with van der Waals surface area (Å²) in [5, 5.41) is 13.0. The van der Waals surface area contributed by atoms with Crippen molar-refractivity contribution in [3.8, 4) is 17.0 Å². The van der Waals surface area contributed by atoms with Crippen LogP contribution in [0.25, 0.3) is 22.0 Å². The van der Waals surface area contributed by atoms with E-state index < -0.39 is 17.5 Å². The molecular weight excluding hydrogens is 438 g/mol. The van der Waals surface area contributed by atoms with E-state index in [0.717, 1.165) is 5.56 Å². The third kappa shape index (κ3) is 5.69. The van der Waals surface area contributed by atoms with Crippen molar-refractivity contribution in [1.29, 1.82) is 0 Å². The molecule has 1 atom stereocenters. The number of ether oxygens (including phenoxy) is 2. The second kappa shape index (κ2) is 9.90. The second-order valence-corrected chi connectivity index (χ2v) is 8.87. The van der Waals surface area contributed by atoms with Crippen molar-refractivity contribution in [2.75, 3.05) is 19.5 Å². The van der Waals surface area contributed by atoms with Crippen LogP contribution in [0, 0.1) is 5.92 Å². The Bertz CT molecular complexity index is 1230. The number of nitrogens with one attached hydrogen (secondary N) is 3. The molecule has 0 saturated carbocycles. The number of pyridine rings is 1. The summed E-state index contributed by atoms with van der Waals surface area (Å²) in [6, 6.07) is 7.21. The van der Waals surface area contributed by atoms with Crippen molar-refractivity contribution < 1.29 is 23.9 Å². The number of esters is 1. The number of fused-ring (bicyclic) bond motifs is 1. The molecule has 0 aliphatic rings. The number of amides is 2. The maximum Gasteiger partial charge on any atom is 0.307 e. The fraction of sp³-hybridized carbons (Fsp3) is 0.375. The smallest absolute Gasteiger partial charge is 0.307 e. The minimum atomic E-state index is -0.619. The average Bonchev–Trinajstić information content (AvgIpc) is 3.20. The van der Waals surface area contributed by atoms with Gasteiger partial charge in [0.15, 0.2) is 5.69 Å². The maximum atomic E-state index is 12.7. The van der Waals surface area contributed by atoms with Crippen molar-refractivity contribution >= 4 is 34.4 Å². The summed E-state index contributed by atoms with van der Waals surface area (Å²) in [7, 11) is 3.00. The summed E-state index contributed by atoms with van der Waals surface area (Å²) in [6.07, 6.45) is 1.57. The SMILES string of the molecule is CNC(=O)c1n[nH]c2cc(-c3cnc(OC)c(NC(=O)[C@H](C)CC(=O)OC(C)(C)C)c3)ccc12. The Morgan fingerprint density at radius 3 is 2.53 bits per heavy atom. The molecule has 0 spiro atoms. The Hall–Kier alpha value is -3.95. The summed E-state index contributed by atoms with van der Waals surface area (Å²) >= 11 is 0. The van der Waals surface area contributed by atoms with Crippen LogP contribution in [0.15, 0.2) is 30.5 Å². The van der Waals surface area contributed by atoms with Crippen molar-refractivity contribution in [3.63, 3.8) is 0 Å². The first-order valence-electron chi connectivity index (χ1n) is 10.8. The quantitative estimate of drug-likeness (QED) is 0.454. The van der Waals surface area contributed by atoms with Gasteiger partial charge in [-0.05, 0) is 44.5 Å². The molecule has 0 aliphatic heterocycles. The highest BCUT2D eigenvalue weighted by molar-refractivity contribution is 6.05. The lowest BCUT2D eigenvalue weighted by molar-refractivity contribution is -0.156. The Labute approximate surface area is 197 Å². The van der Waals surface area contributed by atoms with Gasteiger partial charge in [0.05, 0.1) is 19.0 Å². The monoisotopic (exact) mass is 467 g/mol. The van der Waals surface area contributed by atoms with Crippen LogP contribution in [-0.4, -0.2) is 52.7 Å². The van der Waals surface area contributed by atoms with Gasteiger partial charge in [0.1, 0.15) is 11.3 Å². The number of methoxy groups -OCH3 is 1. The lowest BCUT2D eigenvalue weighted by Crippen LogP contribution is -2.28. The first kappa shape index (κ1) is 24.7. The fourth-order valence-corrected chi connectivity index (χ4v) is 3.33. The van der Waals surface area contributed by atoms with Gasteiger partial charge < -0.3 is 20.1 Å². The zero-order valence-electron chi connectivity index (χ0n) is 20.1. The summed E-state index contributed by atoms with van der Waals surface area (Å²) in [5.74, 6) is -1.46. The van der Waals surface area contributed by atoms with Gasteiger partial charge in [0.2, 0.25) is 11.8 Å². The summed E-state index contributed by atoms with van der Waals surface area (Å²) < 4.78 is 10.6. The number of rotatable bonds is 7. The standard InChI is InChI=1S/C24H29N5O5/c1-13(9-19(30)34-24(2,3)4)21(31)27-18-11-15(12-26-23(18)33-6)14-7-8-16-17(10-14)28-29-20(16)22(32)25-5/h7-8,10-13H,9H2,1-6H3,(H,25,32)(H,27,31)(H,28,29)/t13-/m1/s1. The topological polar surface area (TPSA) is 135 Å². The molecule has 10 heteroatoms. The van der Waals surface area contributed by atoms with E-state index in [4.69, 9.17) is 9.47 Å². The van der Waals surface area contributed by atoms with E-state index in [2.05, 4.69) is 25.8 Å². The molecule has 3 aromatic rings. The highest BCUT2D eigenvalue weighted by atomic mass is 16.6. The first-order valence-corrected chi connectivity index (χ1v) is 10.8. The van der Waals surface area contributed by atoms with Gasteiger partial charge in [-0.25, -0.2) is 4.98 Å². The first-order chi connectivity index (χ1) is 16.0. The largest absolute Gasteiger partial charge is 0.480 e. The number of carbonyl (C=O) groups excluding carboxylic acids is 3. The third-order valence-corrected chi connectivity index (χ3v) is 4.98. The summed E-state index contributed by atoms with van der Waals surface area (Å²) in [5.41, 5.74) is 2.26. The Morgan fingerprint density at radius 2 is 1.88 bits per heavy atom. The number of hydrogen-bond acceptors (Lipinski definition) is 7. The number of aromatic amines is 1. The van der Waals surface area contributed by atoms with Crippen LogP contribution in [0.3, 0.4) is 0 Å². The number of carbonyl (C=O) groups is 3. The number of H-pyrrole nitrogens is 1. The molecule has 180 valence electrons. The second-order valence-electron chi connectivity index (χ2n) is 8.87. The lowest BCUT2D eigenvalue weighted by atomic mass is 10.0. The molecule has 2 amide bonds. The van der Waals surface area contributed by atoms with Crippen molar-refractivity contribution in [3.05, 3.63) is 36.2 Å². The molecular formula is C24H29N5O5. The van der Waals surface area contributed by atoms with Crippen LogP contribution >= 0.6 is 0 Å². The molecule has 0 saturated heterocycles. The van der Waals surface area contributed by atoms with Crippen LogP contribution in [0.5, 0.6) is 5.88 Å². The number of benzene rings is 1. The minimum Gasteiger partial charge on any atom is -0.480 e. The van der Waals surface area contributed by atoms with Crippen LogP contribution in [0.1, 0.15) is 44.6 Å². The molecule has 0 fully saturated rings. The minimum absolute atomic E-state index is 0.0529. The maximum absolute atomic E-state index is 12.7. The fourth-order valence-electron chi connectivity index (χ4n) is 3.33. The molecule has 0 bridgehead atoms. The van der Waals surface area contributed by atoms with Gasteiger partial charge in [-0.3, -0.25) is 19.5 Å². The zero-order valence-corrected chi connectivity index (χ0v) is 20.1. The number of aromatic nitrogens is 3. The van der Waals surface area contributed by atoms with Crippen LogP contribution in [0.4, 0.5) is 5.69 Å². The predicted octanol–water partition coefficient (Wildman–Crippen LogP) is 3.30. The number of nitrogens with zero attached hydrogens (tertiary/aromatic N) is 2. The van der Waals surface area contributed by atoms with E-state index in [9.17, 15) is 14.4 Å². The van der Waals surface area contributed by atoms with Gasteiger partial charge in [0.25, 0.3) is 5.91 Å². The Kier molecular flexibility index (Phi) is 7.19. The highest BCUT2D eigenvalue weighted by Crippen LogP contribution is 2.31.